The van der Waals surface area contributed by atoms with Crippen molar-refractivity contribution in [2.24, 2.45) is 0 Å². The summed E-state index contributed by atoms with van der Waals surface area (Å²) in [5.74, 6) is 1.52. The van der Waals surface area contributed by atoms with Gasteiger partial charge in [-0.2, -0.15) is 0 Å². The lowest BCUT2D eigenvalue weighted by molar-refractivity contribution is -0.119. The van der Waals surface area contributed by atoms with E-state index in [1.807, 2.05) is 42.5 Å². The maximum absolute atomic E-state index is 10.7. The van der Waals surface area contributed by atoms with Crippen molar-refractivity contribution in [3.8, 4) is 11.3 Å². The van der Waals surface area contributed by atoms with Crippen LogP contribution in [-0.2, 0) is 11.3 Å². The molecule has 0 spiro atoms. The number of hydrogen-bond acceptors (Lipinski definition) is 2. The Morgan fingerprint density at radius 3 is 2.62 bits per heavy atom. The zero-order chi connectivity index (χ0) is 11.4. The molecular formula is C13H13NO2. The minimum Gasteiger partial charge on any atom is -0.459 e. The topological polar surface area (TPSA) is 42.2 Å². The monoisotopic (exact) mass is 215 g/mol. The van der Waals surface area contributed by atoms with Crippen molar-refractivity contribution < 1.29 is 9.21 Å². The van der Waals surface area contributed by atoms with E-state index in [1.165, 1.54) is 6.92 Å². The fraction of sp³-hybridized carbons (Fsp3) is 0.154. The summed E-state index contributed by atoms with van der Waals surface area (Å²) in [6.07, 6.45) is 0. The van der Waals surface area contributed by atoms with E-state index in [-0.39, 0.29) is 5.91 Å². The molecule has 0 atom stereocenters. The third kappa shape index (κ3) is 2.51. The van der Waals surface area contributed by atoms with E-state index in [1.54, 1.807) is 0 Å². The Labute approximate surface area is 94.1 Å². The molecule has 2 aromatic rings. The Morgan fingerprint density at radius 1 is 1.19 bits per heavy atom. The van der Waals surface area contributed by atoms with Gasteiger partial charge in [-0.25, -0.2) is 0 Å². The maximum Gasteiger partial charge on any atom is 0.217 e. The molecule has 2 rings (SSSR count). The van der Waals surface area contributed by atoms with Gasteiger partial charge in [0.05, 0.1) is 6.54 Å². The van der Waals surface area contributed by atoms with Crippen molar-refractivity contribution in [2.45, 2.75) is 13.5 Å². The SMILES string of the molecule is CC(=O)NCc1ccc(-c2ccccc2)o1. The fourth-order valence-corrected chi connectivity index (χ4v) is 1.44. The molecule has 0 aliphatic heterocycles. The standard InChI is InChI=1S/C13H13NO2/c1-10(15)14-9-12-7-8-13(16-12)11-5-3-2-4-6-11/h2-8H,9H2,1H3,(H,14,15). The van der Waals surface area contributed by atoms with E-state index in [0.717, 1.165) is 17.1 Å². The molecule has 1 amide bonds. The average Bonchev–Trinajstić information content (AvgIpc) is 2.76. The Hall–Kier alpha value is -2.03. The Bertz CT molecular complexity index is 474. The third-order valence-corrected chi connectivity index (χ3v) is 2.23. The molecule has 16 heavy (non-hydrogen) atoms. The second-order valence-corrected chi connectivity index (χ2v) is 3.54. The molecule has 0 saturated heterocycles. The van der Waals surface area contributed by atoms with Gasteiger partial charge in [-0.1, -0.05) is 30.3 Å². The van der Waals surface area contributed by atoms with Crippen LogP contribution in [0.2, 0.25) is 0 Å². The molecule has 0 fully saturated rings. The van der Waals surface area contributed by atoms with E-state index < -0.39 is 0 Å². The van der Waals surface area contributed by atoms with E-state index in [9.17, 15) is 4.79 Å². The van der Waals surface area contributed by atoms with Crippen molar-refractivity contribution in [3.63, 3.8) is 0 Å². The lowest BCUT2D eigenvalue weighted by atomic mass is 10.2. The van der Waals surface area contributed by atoms with Crippen LogP contribution in [0.3, 0.4) is 0 Å². The largest absolute Gasteiger partial charge is 0.459 e. The molecule has 0 unspecified atom stereocenters. The van der Waals surface area contributed by atoms with Gasteiger partial charge in [0.25, 0.3) is 0 Å². The summed E-state index contributed by atoms with van der Waals surface area (Å²) in [5, 5.41) is 2.69. The number of hydrogen-bond donors (Lipinski definition) is 1. The third-order valence-electron chi connectivity index (χ3n) is 2.23. The van der Waals surface area contributed by atoms with Gasteiger partial charge in [0, 0.05) is 12.5 Å². The molecule has 1 heterocycles. The van der Waals surface area contributed by atoms with E-state index in [2.05, 4.69) is 5.32 Å². The van der Waals surface area contributed by atoms with Crippen LogP contribution in [0.5, 0.6) is 0 Å². The van der Waals surface area contributed by atoms with Gasteiger partial charge in [-0.15, -0.1) is 0 Å². The first kappa shape index (κ1) is 10.5. The number of nitrogens with one attached hydrogen (secondary N) is 1. The van der Waals surface area contributed by atoms with Gasteiger partial charge >= 0.3 is 0 Å². The second-order valence-electron chi connectivity index (χ2n) is 3.54. The first-order valence-electron chi connectivity index (χ1n) is 5.14. The lowest BCUT2D eigenvalue weighted by Gasteiger charge is -1.98. The number of furan rings is 1. The van der Waals surface area contributed by atoms with Crippen molar-refractivity contribution in [2.75, 3.05) is 0 Å². The minimum atomic E-state index is -0.0577. The summed E-state index contributed by atoms with van der Waals surface area (Å²) in [6, 6.07) is 13.6. The molecule has 0 aliphatic carbocycles. The van der Waals surface area contributed by atoms with Gasteiger partial charge in [-0.3, -0.25) is 4.79 Å². The fourth-order valence-electron chi connectivity index (χ4n) is 1.44. The normalized spacial score (nSPS) is 10.1. The highest BCUT2D eigenvalue weighted by atomic mass is 16.3. The Balaban J connectivity index is 2.11. The summed E-state index contributed by atoms with van der Waals surface area (Å²) in [7, 11) is 0. The van der Waals surface area contributed by atoms with E-state index >= 15 is 0 Å². The molecular weight excluding hydrogens is 202 g/mol. The van der Waals surface area contributed by atoms with Gasteiger partial charge in [0.15, 0.2) is 0 Å². The van der Waals surface area contributed by atoms with Crippen molar-refractivity contribution >= 4 is 5.91 Å². The number of rotatable bonds is 3. The molecule has 0 saturated carbocycles. The zero-order valence-electron chi connectivity index (χ0n) is 9.07. The van der Waals surface area contributed by atoms with Gasteiger partial charge in [-0.05, 0) is 12.1 Å². The highest BCUT2D eigenvalue weighted by molar-refractivity contribution is 5.72. The van der Waals surface area contributed by atoms with Crippen LogP contribution in [0.15, 0.2) is 46.9 Å². The van der Waals surface area contributed by atoms with Crippen molar-refractivity contribution in [1.82, 2.24) is 5.32 Å². The summed E-state index contributed by atoms with van der Waals surface area (Å²) in [5.41, 5.74) is 1.04. The van der Waals surface area contributed by atoms with Crippen LogP contribution < -0.4 is 5.32 Å². The molecule has 1 N–H and O–H groups in total. The average molecular weight is 215 g/mol. The van der Waals surface area contributed by atoms with Crippen LogP contribution >= 0.6 is 0 Å². The molecule has 0 bridgehead atoms. The molecule has 0 aliphatic rings. The van der Waals surface area contributed by atoms with E-state index in [4.69, 9.17) is 4.42 Å². The summed E-state index contributed by atoms with van der Waals surface area (Å²) >= 11 is 0. The lowest BCUT2D eigenvalue weighted by Crippen LogP contribution is -2.18. The summed E-state index contributed by atoms with van der Waals surface area (Å²) in [4.78, 5) is 10.7. The molecule has 3 nitrogen and oxygen atoms in total. The minimum absolute atomic E-state index is 0.0577. The van der Waals surface area contributed by atoms with Gasteiger partial charge in [0.1, 0.15) is 11.5 Å². The van der Waals surface area contributed by atoms with E-state index in [0.29, 0.717) is 6.54 Å². The Morgan fingerprint density at radius 2 is 1.94 bits per heavy atom. The highest BCUT2D eigenvalue weighted by Crippen LogP contribution is 2.21. The summed E-state index contributed by atoms with van der Waals surface area (Å²) in [6.45, 7) is 1.92. The summed E-state index contributed by atoms with van der Waals surface area (Å²) < 4.78 is 5.61. The van der Waals surface area contributed by atoms with Crippen LogP contribution in [-0.4, -0.2) is 5.91 Å². The van der Waals surface area contributed by atoms with Crippen molar-refractivity contribution in [3.05, 3.63) is 48.2 Å². The predicted molar refractivity (Wildman–Crippen MR) is 61.7 cm³/mol. The zero-order valence-corrected chi connectivity index (χ0v) is 9.07. The van der Waals surface area contributed by atoms with Crippen LogP contribution in [0.4, 0.5) is 0 Å². The maximum atomic E-state index is 10.7. The van der Waals surface area contributed by atoms with Crippen LogP contribution in [0.25, 0.3) is 11.3 Å². The molecule has 1 aromatic carbocycles. The van der Waals surface area contributed by atoms with Gasteiger partial charge in [0.2, 0.25) is 5.91 Å². The first-order valence-corrected chi connectivity index (χ1v) is 5.14. The van der Waals surface area contributed by atoms with Gasteiger partial charge < -0.3 is 9.73 Å². The number of carbonyl (C=O) groups is 1. The Kier molecular flexibility index (Phi) is 3.05. The molecule has 3 heteroatoms. The van der Waals surface area contributed by atoms with Crippen LogP contribution in [0, 0.1) is 0 Å². The molecule has 1 aromatic heterocycles. The van der Waals surface area contributed by atoms with Crippen LogP contribution in [0.1, 0.15) is 12.7 Å². The molecule has 82 valence electrons. The second kappa shape index (κ2) is 4.66. The predicted octanol–water partition coefficient (Wildman–Crippen LogP) is 2.58. The number of amides is 1. The molecule has 0 radical (unpaired) electrons. The quantitative estimate of drug-likeness (QED) is 0.855. The first-order chi connectivity index (χ1) is 7.75. The number of carbonyl (C=O) groups excluding carboxylic acids is 1. The van der Waals surface area contributed by atoms with Crippen molar-refractivity contribution in [1.29, 1.82) is 0 Å². The highest BCUT2D eigenvalue weighted by Gasteiger charge is 2.04. The number of benzene rings is 1. The smallest absolute Gasteiger partial charge is 0.217 e.